The van der Waals surface area contributed by atoms with Gasteiger partial charge in [-0.25, -0.2) is 0 Å². The average molecular weight is 255 g/mol. The minimum Gasteiger partial charge on any atom is -0.396 e. The van der Waals surface area contributed by atoms with Crippen LogP contribution in [0, 0.1) is 10.8 Å². The summed E-state index contributed by atoms with van der Waals surface area (Å²) in [5.41, 5.74) is 0.745. The molecule has 1 aliphatic heterocycles. The maximum atomic E-state index is 9.68. The van der Waals surface area contributed by atoms with Crippen molar-refractivity contribution in [2.45, 2.75) is 66.2 Å². The zero-order chi connectivity index (χ0) is 13.6. The van der Waals surface area contributed by atoms with E-state index < -0.39 is 0 Å². The van der Waals surface area contributed by atoms with Gasteiger partial charge in [-0.1, -0.05) is 40.5 Å². The predicted molar refractivity (Wildman–Crippen MR) is 78.8 cm³/mol. The Labute approximate surface area is 114 Å². The topological polar surface area (TPSA) is 23.5 Å². The zero-order valence-corrected chi connectivity index (χ0v) is 13.0. The van der Waals surface area contributed by atoms with Crippen molar-refractivity contribution >= 4 is 0 Å². The molecule has 1 heterocycles. The molecule has 0 aromatic heterocycles. The highest BCUT2D eigenvalue weighted by Crippen LogP contribution is 2.39. The molecule has 0 amide bonds. The van der Waals surface area contributed by atoms with Gasteiger partial charge in [-0.15, -0.1) is 0 Å². The second kappa shape index (κ2) is 6.91. The van der Waals surface area contributed by atoms with Crippen molar-refractivity contribution in [1.82, 2.24) is 4.90 Å². The van der Waals surface area contributed by atoms with E-state index in [2.05, 4.69) is 32.6 Å². The lowest BCUT2D eigenvalue weighted by atomic mass is 9.73. The number of piperidine rings is 1. The molecule has 0 radical (unpaired) electrons. The third-order valence-electron chi connectivity index (χ3n) is 5.81. The van der Waals surface area contributed by atoms with Crippen molar-refractivity contribution in [2.24, 2.45) is 10.8 Å². The number of aliphatic hydroxyl groups is 1. The molecule has 2 heteroatoms. The van der Waals surface area contributed by atoms with E-state index in [-0.39, 0.29) is 5.41 Å². The van der Waals surface area contributed by atoms with Crippen molar-refractivity contribution in [3.8, 4) is 0 Å². The summed E-state index contributed by atoms with van der Waals surface area (Å²) in [5, 5.41) is 9.68. The molecule has 0 unspecified atom stereocenters. The Morgan fingerprint density at radius 3 is 1.83 bits per heavy atom. The summed E-state index contributed by atoms with van der Waals surface area (Å²) in [6, 6.07) is 0. The maximum absolute atomic E-state index is 9.68. The van der Waals surface area contributed by atoms with E-state index in [1.807, 2.05) is 0 Å². The number of aliphatic hydroxyl groups excluding tert-OH is 1. The summed E-state index contributed by atoms with van der Waals surface area (Å²) < 4.78 is 0. The average Bonchev–Trinajstić information content (AvgIpc) is 2.46. The summed E-state index contributed by atoms with van der Waals surface area (Å²) in [5.74, 6) is 0. The predicted octanol–water partition coefficient (Wildman–Crippen LogP) is 3.69. The second-order valence-electron chi connectivity index (χ2n) is 6.35. The minimum absolute atomic E-state index is 0.137. The van der Waals surface area contributed by atoms with Crippen LogP contribution in [0.4, 0.5) is 0 Å². The van der Waals surface area contributed by atoms with Crippen LogP contribution in [0.15, 0.2) is 0 Å². The van der Waals surface area contributed by atoms with E-state index in [1.165, 1.54) is 38.8 Å². The van der Waals surface area contributed by atoms with E-state index >= 15 is 0 Å². The van der Waals surface area contributed by atoms with Gasteiger partial charge < -0.3 is 10.0 Å². The summed E-state index contributed by atoms with van der Waals surface area (Å²) in [7, 11) is 0. The van der Waals surface area contributed by atoms with Gasteiger partial charge in [0.25, 0.3) is 0 Å². The number of rotatable bonds is 7. The Hall–Kier alpha value is -0.0800. The first-order valence-electron chi connectivity index (χ1n) is 7.92. The van der Waals surface area contributed by atoms with Gasteiger partial charge in [0.2, 0.25) is 0 Å². The lowest BCUT2D eigenvalue weighted by molar-refractivity contribution is 0.0277. The molecule has 0 aromatic rings. The molecule has 0 aromatic carbocycles. The van der Waals surface area contributed by atoms with Gasteiger partial charge in [-0.05, 0) is 44.2 Å². The van der Waals surface area contributed by atoms with Crippen LogP contribution in [0.2, 0.25) is 0 Å². The van der Waals surface area contributed by atoms with Gasteiger partial charge in [-0.3, -0.25) is 0 Å². The van der Waals surface area contributed by atoms with Crippen molar-refractivity contribution in [3.63, 3.8) is 0 Å². The summed E-state index contributed by atoms with van der Waals surface area (Å²) in [6.45, 7) is 13.0. The van der Waals surface area contributed by atoms with Crippen molar-refractivity contribution in [1.29, 1.82) is 0 Å². The zero-order valence-electron chi connectivity index (χ0n) is 13.0. The lowest BCUT2D eigenvalue weighted by Crippen LogP contribution is -2.46. The standard InChI is InChI=1S/C16H33NO/c1-5-15(6-2)9-11-17(12-10-15)13-16(7-3,8-4)14-18/h18H,5-14H2,1-4H3. The Kier molecular flexibility index (Phi) is 6.13. The molecular weight excluding hydrogens is 222 g/mol. The molecule has 1 N–H and O–H groups in total. The molecule has 1 saturated heterocycles. The number of hydrogen-bond donors (Lipinski definition) is 1. The van der Waals surface area contributed by atoms with Crippen LogP contribution in [0.3, 0.4) is 0 Å². The molecule has 1 rings (SSSR count). The molecular formula is C16H33NO. The van der Waals surface area contributed by atoms with Gasteiger partial charge in [0.15, 0.2) is 0 Å². The number of nitrogens with zero attached hydrogens (tertiary/aromatic N) is 1. The third kappa shape index (κ3) is 3.48. The first-order chi connectivity index (χ1) is 8.59. The second-order valence-corrected chi connectivity index (χ2v) is 6.35. The summed E-state index contributed by atoms with van der Waals surface area (Å²) >= 11 is 0. The quantitative estimate of drug-likeness (QED) is 0.750. The van der Waals surface area contributed by atoms with E-state index in [0.29, 0.717) is 12.0 Å². The van der Waals surface area contributed by atoms with Crippen LogP contribution in [-0.4, -0.2) is 36.2 Å². The van der Waals surface area contributed by atoms with Gasteiger partial charge in [0.05, 0.1) is 0 Å². The first kappa shape index (κ1) is 16.0. The lowest BCUT2D eigenvalue weighted by Gasteiger charge is -2.44. The van der Waals surface area contributed by atoms with Crippen LogP contribution >= 0.6 is 0 Å². The van der Waals surface area contributed by atoms with Crippen molar-refractivity contribution in [3.05, 3.63) is 0 Å². The van der Waals surface area contributed by atoms with Crippen molar-refractivity contribution in [2.75, 3.05) is 26.2 Å². The Bertz CT molecular complexity index is 213. The molecule has 0 atom stereocenters. The maximum Gasteiger partial charge on any atom is 0.0499 e. The largest absolute Gasteiger partial charge is 0.396 e. The molecule has 18 heavy (non-hydrogen) atoms. The highest BCUT2D eigenvalue weighted by atomic mass is 16.3. The van der Waals surface area contributed by atoms with Crippen molar-refractivity contribution < 1.29 is 5.11 Å². The van der Waals surface area contributed by atoms with Gasteiger partial charge in [0.1, 0.15) is 0 Å². The normalized spacial score (nSPS) is 21.2. The SMILES string of the molecule is CCC1(CC)CCN(CC(CC)(CC)CO)CC1. The molecule has 1 fully saturated rings. The van der Waals surface area contributed by atoms with Crippen LogP contribution in [-0.2, 0) is 0 Å². The number of likely N-dealkylation sites (tertiary alicyclic amines) is 1. The van der Waals surface area contributed by atoms with E-state index in [1.54, 1.807) is 0 Å². The molecule has 0 spiro atoms. The van der Waals surface area contributed by atoms with E-state index in [0.717, 1.165) is 19.4 Å². The molecule has 0 saturated carbocycles. The van der Waals surface area contributed by atoms with Crippen LogP contribution < -0.4 is 0 Å². The highest BCUT2D eigenvalue weighted by Gasteiger charge is 2.34. The van der Waals surface area contributed by atoms with Crippen LogP contribution in [0.5, 0.6) is 0 Å². The Morgan fingerprint density at radius 2 is 1.50 bits per heavy atom. The minimum atomic E-state index is 0.137. The van der Waals surface area contributed by atoms with Gasteiger partial charge in [-0.2, -0.15) is 0 Å². The Balaban J connectivity index is 2.53. The molecule has 0 bridgehead atoms. The first-order valence-corrected chi connectivity index (χ1v) is 7.92. The molecule has 108 valence electrons. The summed E-state index contributed by atoms with van der Waals surface area (Å²) in [6.07, 6.45) is 7.50. The van der Waals surface area contributed by atoms with E-state index in [9.17, 15) is 5.11 Å². The fraction of sp³-hybridized carbons (Fsp3) is 1.00. The third-order valence-corrected chi connectivity index (χ3v) is 5.81. The Morgan fingerprint density at radius 1 is 1.00 bits per heavy atom. The van der Waals surface area contributed by atoms with Crippen LogP contribution in [0.1, 0.15) is 66.2 Å². The fourth-order valence-electron chi connectivity index (χ4n) is 3.36. The molecule has 0 aliphatic carbocycles. The molecule has 1 aliphatic rings. The van der Waals surface area contributed by atoms with E-state index in [4.69, 9.17) is 0 Å². The monoisotopic (exact) mass is 255 g/mol. The fourth-order valence-corrected chi connectivity index (χ4v) is 3.36. The van der Waals surface area contributed by atoms with Gasteiger partial charge in [0, 0.05) is 18.6 Å². The molecule has 2 nitrogen and oxygen atoms in total. The summed E-state index contributed by atoms with van der Waals surface area (Å²) in [4.78, 5) is 2.59. The van der Waals surface area contributed by atoms with Crippen LogP contribution in [0.25, 0.3) is 0 Å². The smallest absolute Gasteiger partial charge is 0.0499 e. The van der Waals surface area contributed by atoms with Gasteiger partial charge >= 0.3 is 0 Å². The highest BCUT2D eigenvalue weighted by molar-refractivity contribution is 4.87. The number of hydrogen-bond acceptors (Lipinski definition) is 2.